The first-order valence-electron chi connectivity index (χ1n) is 8.90. The van der Waals surface area contributed by atoms with Crippen molar-refractivity contribution in [3.8, 4) is 11.3 Å². The first-order valence-corrected chi connectivity index (χ1v) is 9.69. The lowest BCUT2D eigenvalue weighted by Crippen LogP contribution is -2.04. The zero-order valence-electron chi connectivity index (χ0n) is 15.1. The Morgan fingerprint density at radius 2 is 1.61 bits per heavy atom. The predicted octanol–water partition coefficient (Wildman–Crippen LogP) is 5.69. The Labute approximate surface area is 170 Å². The van der Waals surface area contributed by atoms with Gasteiger partial charge in [-0.05, 0) is 30.3 Å². The molecule has 0 atom stereocenters. The van der Waals surface area contributed by atoms with Gasteiger partial charge < -0.3 is 4.57 Å². The predicted molar refractivity (Wildman–Crippen MR) is 117 cm³/mol. The molecule has 0 aliphatic heterocycles. The van der Waals surface area contributed by atoms with Gasteiger partial charge in [0.1, 0.15) is 0 Å². The number of anilines is 2. The number of hydrogen-bond acceptors (Lipinski definition) is 4. The molecule has 0 amide bonds. The Bertz CT molecular complexity index is 1310. The molecule has 6 heteroatoms. The number of nitrogens with one attached hydrogen (secondary N) is 1. The van der Waals surface area contributed by atoms with E-state index in [9.17, 15) is 0 Å². The summed E-state index contributed by atoms with van der Waals surface area (Å²) in [5.74, 6) is 1.23. The summed E-state index contributed by atoms with van der Waals surface area (Å²) >= 11 is 3.56. The zero-order valence-corrected chi connectivity index (χ0v) is 16.7. The highest BCUT2D eigenvalue weighted by molar-refractivity contribution is 9.10. The van der Waals surface area contributed by atoms with E-state index in [0.717, 1.165) is 37.7 Å². The Balaban J connectivity index is 1.67. The topological polar surface area (TPSA) is 55.6 Å². The molecule has 0 saturated carbocycles. The number of benzene rings is 3. The summed E-state index contributed by atoms with van der Waals surface area (Å²) in [5, 5.41) is 4.29. The third-order valence-corrected chi connectivity index (χ3v) is 5.21. The third-order valence-electron chi connectivity index (χ3n) is 4.72. The molecule has 0 saturated heterocycles. The minimum Gasteiger partial charge on any atom is -0.313 e. The Morgan fingerprint density at radius 3 is 2.43 bits per heavy atom. The second-order valence-electron chi connectivity index (χ2n) is 6.53. The van der Waals surface area contributed by atoms with Crippen LogP contribution in [0.1, 0.15) is 0 Å². The van der Waals surface area contributed by atoms with Crippen LogP contribution in [0.2, 0.25) is 0 Å². The number of nitrogens with zero attached hydrogens (tertiary/aromatic N) is 4. The van der Waals surface area contributed by atoms with Gasteiger partial charge in [-0.3, -0.25) is 5.32 Å². The Morgan fingerprint density at radius 1 is 0.821 bits per heavy atom. The van der Waals surface area contributed by atoms with E-state index in [1.54, 1.807) is 0 Å². The van der Waals surface area contributed by atoms with Crippen LogP contribution in [-0.4, -0.2) is 19.5 Å². The molecular formula is C22H16BrN5. The fourth-order valence-electron chi connectivity index (χ4n) is 3.33. The van der Waals surface area contributed by atoms with E-state index in [1.165, 1.54) is 0 Å². The van der Waals surface area contributed by atoms with E-state index in [-0.39, 0.29) is 0 Å². The molecular weight excluding hydrogens is 414 g/mol. The van der Waals surface area contributed by atoms with Crippen LogP contribution in [0.5, 0.6) is 0 Å². The van der Waals surface area contributed by atoms with Crippen molar-refractivity contribution in [2.24, 2.45) is 7.05 Å². The molecule has 0 spiro atoms. The Hall–Kier alpha value is -3.25. The van der Waals surface area contributed by atoms with Crippen molar-refractivity contribution in [3.63, 3.8) is 0 Å². The van der Waals surface area contributed by atoms with Crippen LogP contribution >= 0.6 is 15.9 Å². The number of aryl methyl sites for hydroxylation is 1. The molecule has 0 aliphatic rings. The lowest BCUT2D eigenvalue weighted by Gasteiger charge is -2.11. The largest absolute Gasteiger partial charge is 0.313 e. The van der Waals surface area contributed by atoms with E-state index in [1.807, 2.05) is 66.2 Å². The lowest BCUT2D eigenvalue weighted by atomic mass is 10.1. The van der Waals surface area contributed by atoms with Crippen molar-refractivity contribution in [1.29, 1.82) is 0 Å². The van der Waals surface area contributed by atoms with Crippen LogP contribution in [0.25, 0.3) is 33.2 Å². The molecule has 1 N–H and O–H groups in total. The van der Waals surface area contributed by atoms with Crippen molar-refractivity contribution in [2.75, 3.05) is 5.32 Å². The van der Waals surface area contributed by atoms with Crippen LogP contribution in [0.3, 0.4) is 0 Å². The van der Waals surface area contributed by atoms with Crippen molar-refractivity contribution in [3.05, 3.63) is 77.3 Å². The van der Waals surface area contributed by atoms with E-state index in [2.05, 4.69) is 44.4 Å². The van der Waals surface area contributed by atoms with Crippen molar-refractivity contribution >= 4 is 49.8 Å². The number of halogens is 1. The summed E-state index contributed by atoms with van der Waals surface area (Å²) in [6, 6.07) is 24.2. The van der Waals surface area contributed by atoms with Gasteiger partial charge in [0.15, 0.2) is 0 Å². The van der Waals surface area contributed by atoms with Crippen molar-refractivity contribution in [1.82, 2.24) is 19.5 Å². The highest BCUT2D eigenvalue weighted by atomic mass is 79.9. The average molecular weight is 430 g/mol. The monoisotopic (exact) mass is 429 g/mol. The first-order chi connectivity index (χ1) is 13.7. The quantitative estimate of drug-likeness (QED) is 0.400. The number of fused-ring (bicyclic) bond motifs is 2. The summed E-state index contributed by atoms with van der Waals surface area (Å²) in [7, 11) is 1.98. The van der Waals surface area contributed by atoms with E-state index < -0.39 is 0 Å². The molecule has 5 nitrogen and oxygen atoms in total. The smallest absolute Gasteiger partial charge is 0.230 e. The molecule has 0 radical (unpaired) electrons. The van der Waals surface area contributed by atoms with Gasteiger partial charge in [0.2, 0.25) is 11.9 Å². The van der Waals surface area contributed by atoms with E-state index >= 15 is 0 Å². The van der Waals surface area contributed by atoms with Crippen LogP contribution in [0.15, 0.2) is 77.3 Å². The minimum absolute atomic E-state index is 0.520. The maximum Gasteiger partial charge on any atom is 0.230 e. The van der Waals surface area contributed by atoms with Crippen molar-refractivity contribution < 1.29 is 0 Å². The fourth-order valence-corrected chi connectivity index (χ4v) is 3.69. The molecule has 0 unspecified atom stereocenters. The molecule has 5 rings (SSSR count). The minimum atomic E-state index is 0.520. The molecule has 2 aromatic heterocycles. The van der Waals surface area contributed by atoms with Crippen LogP contribution in [-0.2, 0) is 7.05 Å². The number of imidazole rings is 1. The number of hydrogen-bond donors (Lipinski definition) is 1. The standard InChI is InChI=1S/C22H16BrN5/c1-28-19-10-6-5-9-18(19)25-22(28)27-21-24-17-12-11-15(23)13-16(17)20(26-21)14-7-3-2-4-8-14/h2-13H,1H3,(H,24,25,26,27). The van der Waals surface area contributed by atoms with Gasteiger partial charge in [-0.1, -0.05) is 58.4 Å². The van der Waals surface area contributed by atoms with Gasteiger partial charge in [0, 0.05) is 22.5 Å². The zero-order chi connectivity index (χ0) is 19.1. The summed E-state index contributed by atoms with van der Waals surface area (Å²) < 4.78 is 3.00. The summed E-state index contributed by atoms with van der Waals surface area (Å²) in [6.45, 7) is 0. The van der Waals surface area contributed by atoms with Gasteiger partial charge in [-0.2, -0.15) is 0 Å². The molecule has 28 heavy (non-hydrogen) atoms. The maximum absolute atomic E-state index is 4.82. The highest BCUT2D eigenvalue weighted by Gasteiger charge is 2.13. The van der Waals surface area contributed by atoms with Crippen LogP contribution in [0, 0.1) is 0 Å². The average Bonchev–Trinajstić information content (AvgIpc) is 3.04. The van der Waals surface area contributed by atoms with E-state index in [4.69, 9.17) is 9.97 Å². The molecule has 0 bridgehead atoms. The van der Waals surface area contributed by atoms with E-state index in [0.29, 0.717) is 11.9 Å². The van der Waals surface area contributed by atoms with Gasteiger partial charge in [0.05, 0.1) is 22.2 Å². The summed E-state index contributed by atoms with van der Waals surface area (Å²) in [4.78, 5) is 14.2. The molecule has 136 valence electrons. The molecule has 3 aromatic carbocycles. The molecule has 2 heterocycles. The van der Waals surface area contributed by atoms with Crippen molar-refractivity contribution in [2.45, 2.75) is 0 Å². The summed E-state index contributed by atoms with van der Waals surface area (Å²) in [6.07, 6.45) is 0. The second-order valence-corrected chi connectivity index (χ2v) is 7.45. The summed E-state index contributed by atoms with van der Waals surface area (Å²) in [5.41, 5.74) is 4.78. The fraction of sp³-hybridized carbons (Fsp3) is 0.0455. The first kappa shape index (κ1) is 16.9. The number of aromatic nitrogens is 4. The number of rotatable bonds is 3. The van der Waals surface area contributed by atoms with Gasteiger partial charge in [-0.25, -0.2) is 15.0 Å². The molecule has 0 aliphatic carbocycles. The normalized spacial score (nSPS) is 11.2. The third kappa shape index (κ3) is 2.92. The van der Waals surface area contributed by atoms with Gasteiger partial charge in [0.25, 0.3) is 0 Å². The molecule has 0 fully saturated rings. The highest BCUT2D eigenvalue weighted by Crippen LogP contribution is 2.30. The number of para-hydroxylation sites is 2. The SMILES string of the molecule is Cn1c(Nc2nc(-c3ccccc3)c3cc(Br)ccc3n2)nc2ccccc21. The van der Waals surface area contributed by atoms with Gasteiger partial charge >= 0.3 is 0 Å². The lowest BCUT2D eigenvalue weighted by molar-refractivity contribution is 0.952. The van der Waals surface area contributed by atoms with Gasteiger partial charge in [-0.15, -0.1) is 0 Å². The Kier molecular flexibility index (Phi) is 4.06. The van der Waals surface area contributed by atoms with Crippen LogP contribution in [0.4, 0.5) is 11.9 Å². The second kappa shape index (κ2) is 6.73. The molecule has 5 aromatic rings. The van der Waals surface area contributed by atoms with Crippen LogP contribution < -0.4 is 5.32 Å². The maximum atomic E-state index is 4.82.